The van der Waals surface area contributed by atoms with E-state index in [9.17, 15) is 0 Å². The Labute approximate surface area is 307 Å². The van der Waals surface area contributed by atoms with E-state index in [2.05, 4.69) is 142 Å². The molecule has 6 rings (SSSR count). The maximum atomic E-state index is 2.99. The number of fused-ring (bicyclic) bond motifs is 3. The molecule has 0 atom stereocenters. The number of rotatable bonds is 4. The van der Waals surface area contributed by atoms with Gasteiger partial charge in [-0.1, -0.05) is 76.9 Å². The van der Waals surface area contributed by atoms with Gasteiger partial charge in [0.2, 0.25) is 0 Å². The molecule has 4 aromatic rings. The van der Waals surface area contributed by atoms with Crippen LogP contribution in [0.1, 0.15) is 135 Å². The predicted molar refractivity (Wildman–Crippen MR) is 207 cm³/mol. The minimum atomic E-state index is 0. The van der Waals surface area contributed by atoms with Gasteiger partial charge in [-0.2, -0.15) is 6.08 Å². The van der Waals surface area contributed by atoms with Gasteiger partial charge < -0.3 is 0 Å². The Morgan fingerprint density at radius 1 is 0.739 bits per heavy atom. The van der Waals surface area contributed by atoms with E-state index >= 15 is 0 Å². The van der Waals surface area contributed by atoms with Gasteiger partial charge in [0, 0.05) is 0 Å². The summed E-state index contributed by atoms with van der Waals surface area (Å²) in [4.78, 5) is 0. The molecule has 0 aliphatic heterocycles. The van der Waals surface area contributed by atoms with E-state index in [-0.39, 0.29) is 35.6 Å². The summed E-state index contributed by atoms with van der Waals surface area (Å²) < 4.78 is 1.76. The zero-order chi connectivity index (χ0) is 32.2. The fourth-order valence-electron chi connectivity index (χ4n) is 5.73. The van der Waals surface area contributed by atoms with Gasteiger partial charge in [0.25, 0.3) is 0 Å². The Bertz CT molecular complexity index is 1540. The van der Waals surface area contributed by atoms with E-state index in [1.54, 1.807) is 8.82 Å². The minimum absolute atomic E-state index is 0. The summed E-state index contributed by atoms with van der Waals surface area (Å²) in [5, 5.41) is 5.48. The van der Waals surface area contributed by atoms with Gasteiger partial charge in [-0.3, -0.25) is 6.08 Å². The second-order valence-corrected chi connectivity index (χ2v) is 17.4. The first-order valence-corrected chi connectivity index (χ1v) is 18.5. The number of hydrogen-bond donors (Lipinski definition) is 0. The molecule has 2 aliphatic rings. The van der Waals surface area contributed by atoms with Crippen LogP contribution in [0.5, 0.6) is 0 Å². The zero-order valence-electron chi connectivity index (χ0n) is 29.9. The molecule has 0 N–H and O–H groups in total. The van der Waals surface area contributed by atoms with Gasteiger partial charge in [-0.25, -0.2) is 12.2 Å². The standard InChI is InChI=1S/C21H25.C17H24.C5H5.2ClH.Hf/c1-20(2,3)16-7-9-18-14(12-16)11-15-13-17(21(4,5)6)8-10-19(15)18;1-12(2)16-9-15(8-14-6-5-7-14)10-17(11-16)13(3)4;1-2-4-5-3-1;;;/h7-13H,1-6H3;9-14H,5-7H2,1-4H3;1-3H,4H2;2*1H;/q-1;;-1;;;+2. The van der Waals surface area contributed by atoms with Crippen molar-refractivity contribution in [3.8, 4) is 0 Å². The smallest absolute Gasteiger partial charge is 0.109 e. The summed E-state index contributed by atoms with van der Waals surface area (Å²) in [5.41, 5.74) is 7.80. The molecule has 4 aromatic carbocycles. The van der Waals surface area contributed by atoms with Crippen molar-refractivity contribution in [3.05, 3.63) is 113 Å². The second kappa shape index (κ2) is 17.1. The topological polar surface area (TPSA) is 0 Å². The molecule has 0 radical (unpaired) electrons. The van der Waals surface area contributed by atoms with E-state index in [0.717, 1.165) is 12.3 Å². The fourth-order valence-corrected chi connectivity index (χ4v) is 7.28. The first-order valence-electron chi connectivity index (χ1n) is 16.7. The van der Waals surface area contributed by atoms with Gasteiger partial charge in [0.15, 0.2) is 0 Å². The number of hydrogen-bond acceptors (Lipinski definition) is 0. The Kier molecular flexibility index (Phi) is 15.1. The van der Waals surface area contributed by atoms with Crippen LogP contribution >= 0.6 is 24.8 Å². The minimum Gasteiger partial charge on any atom is -0.273 e. The molecule has 46 heavy (non-hydrogen) atoms. The van der Waals surface area contributed by atoms with Gasteiger partial charge in [-0.05, 0) is 10.8 Å². The van der Waals surface area contributed by atoms with Crippen LogP contribution in [0.4, 0.5) is 0 Å². The molecule has 0 amide bonds. The van der Waals surface area contributed by atoms with Crippen LogP contribution in [0.3, 0.4) is 0 Å². The van der Waals surface area contributed by atoms with E-state index in [0.29, 0.717) is 11.8 Å². The van der Waals surface area contributed by atoms with Crippen LogP contribution in [0, 0.1) is 12.0 Å². The van der Waals surface area contributed by atoms with Crippen LogP contribution in [-0.4, -0.2) is 3.26 Å². The quantitative estimate of drug-likeness (QED) is 0.142. The summed E-state index contributed by atoms with van der Waals surface area (Å²) >= 11 is 1.23. The number of benzene rings is 3. The van der Waals surface area contributed by atoms with Crippen LogP contribution in [0.25, 0.3) is 21.5 Å². The fraction of sp³-hybridized carbons (Fsp3) is 0.442. The van der Waals surface area contributed by atoms with E-state index in [1.165, 1.54) is 87.0 Å². The first kappa shape index (κ1) is 40.5. The molecule has 0 bridgehead atoms. The summed E-state index contributed by atoms with van der Waals surface area (Å²) in [6.07, 6.45) is 14.3. The van der Waals surface area contributed by atoms with E-state index in [1.807, 2.05) is 12.2 Å². The molecule has 0 unspecified atom stereocenters. The molecule has 0 nitrogen and oxygen atoms in total. The molecule has 3 heteroatoms. The SMILES string of the molecule is CC(C)(C)c1ccc2c(c1)[cH-]c1cc(C(C)(C)C)ccc12.CC(C)c1cc([C](=[Hf+2])C2CCC2)cc(C(C)C)c1.Cl.Cl.[C-]1=CC=CC1. The van der Waals surface area contributed by atoms with Crippen LogP contribution < -0.4 is 0 Å². The maximum absolute atomic E-state index is 2.99. The molecule has 0 aromatic heterocycles. The monoisotopic (exact) mass is 822 g/mol. The van der Waals surface area contributed by atoms with Gasteiger partial charge >= 0.3 is 127 Å². The summed E-state index contributed by atoms with van der Waals surface area (Å²) in [6, 6.07) is 23.5. The van der Waals surface area contributed by atoms with Crippen molar-refractivity contribution in [1.82, 2.24) is 0 Å². The van der Waals surface area contributed by atoms with Crippen molar-refractivity contribution in [3.63, 3.8) is 0 Å². The third-order valence-electron chi connectivity index (χ3n) is 9.16. The summed E-state index contributed by atoms with van der Waals surface area (Å²) in [5.74, 6) is 2.19. The van der Waals surface area contributed by atoms with Crippen molar-refractivity contribution < 1.29 is 23.9 Å². The van der Waals surface area contributed by atoms with Gasteiger partial charge in [0.1, 0.15) is 0 Å². The average molecular weight is 822 g/mol. The number of halogens is 2. The Hall–Kier alpha value is -1.67. The van der Waals surface area contributed by atoms with Gasteiger partial charge in [-0.15, -0.1) is 71.0 Å². The molecule has 0 spiro atoms. The molecule has 0 heterocycles. The molecule has 2 aliphatic carbocycles. The second-order valence-electron chi connectivity index (χ2n) is 15.5. The van der Waals surface area contributed by atoms with Crippen LogP contribution in [0.15, 0.2) is 78.9 Å². The molecule has 0 saturated heterocycles. The molecular weight excluding hydrogens is 766 g/mol. The van der Waals surface area contributed by atoms with Crippen molar-refractivity contribution in [2.24, 2.45) is 5.92 Å². The maximum Gasteiger partial charge on any atom is -0.109 e. The third kappa shape index (κ3) is 10.4. The Morgan fingerprint density at radius 2 is 1.22 bits per heavy atom. The van der Waals surface area contributed by atoms with Crippen molar-refractivity contribution in [2.75, 3.05) is 0 Å². The van der Waals surface area contributed by atoms with Crippen molar-refractivity contribution in [2.45, 2.75) is 118 Å². The molecule has 1 fully saturated rings. The first-order chi connectivity index (χ1) is 20.6. The molecule has 246 valence electrons. The van der Waals surface area contributed by atoms with Crippen LogP contribution in [0.2, 0.25) is 0 Å². The van der Waals surface area contributed by atoms with E-state index < -0.39 is 0 Å². The van der Waals surface area contributed by atoms with Crippen molar-refractivity contribution >= 4 is 49.6 Å². The summed E-state index contributed by atoms with van der Waals surface area (Å²) in [7, 11) is 0. The normalized spacial score (nSPS) is 14.3. The average Bonchev–Trinajstić information content (AvgIpc) is 3.62. The van der Waals surface area contributed by atoms with Crippen molar-refractivity contribution in [1.29, 1.82) is 0 Å². The summed E-state index contributed by atoms with van der Waals surface area (Å²) in [6.45, 7) is 22.9. The zero-order valence-corrected chi connectivity index (χ0v) is 35.1. The van der Waals surface area contributed by atoms with Crippen LogP contribution in [-0.2, 0) is 34.7 Å². The number of allylic oxidation sites excluding steroid dienone is 4. The molecular formula is C43H56Cl2Hf. The van der Waals surface area contributed by atoms with E-state index in [4.69, 9.17) is 0 Å². The Balaban J connectivity index is 0.000000270. The molecule has 1 saturated carbocycles. The third-order valence-corrected chi connectivity index (χ3v) is 11.7. The largest absolute Gasteiger partial charge is 0.273 e. The predicted octanol–water partition coefficient (Wildman–Crippen LogP) is 13.3. The Morgan fingerprint density at radius 3 is 1.52 bits per heavy atom. The van der Waals surface area contributed by atoms with Gasteiger partial charge in [0.05, 0.1) is 0 Å².